The van der Waals surface area contributed by atoms with Gasteiger partial charge in [0.05, 0.1) is 11.3 Å². The van der Waals surface area contributed by atoms with E-state index in [0.29, 0.717) is 37.8 Å². The molecule has 31 heavy (non-hydrogen) atoms. The molecule has 2 heterocycles. The summed E-state index contributed by atoms with van der Waals surface area (Å²) in [5.41, 5.74) is 1.69. The third-order valence-corrected chi connectivity index (χ3v) is 5.59. The van der Waals surface area contributed by atoms with Gasteiger partial charge in [-0.15, -0.1) is 0 Å². The fraction of sp³-hybridized carbons (Fsp3) is 0.435. The standard InChI is InChI=1S/C23H29N5O3/c1-4-27(5-2)22(31)20-17(3)24-23(25-21(20)19(30)16-29)28-13-11-26(12-14-28)15-18-9-7-6-8-10-18/h6-10,16H,4-5,11-15H2,1-3H3. The van der Waals surface area contributed by atoms with E-state index in [2.05, 4.69) is 27.0 Å². The van der Waals surface area contributed by atoms with Crippen LogP contribution in [0.5, 0.6) is 0 Å². The zero-order valence-corrected chi connectivity index (χ0v) is 18.4. The molecule has 164 valence electrons. The lowest BCUT2D eigenvalue weighted by Crippen LogP contribution is -2.46. The highest BCUT2D eigenvalue weighted by Crippen LogP contribution is 2.20. The summed E-state index contributed by atoms with van der Waals surface area (Å²) in [6.07, 6.45) is 0.211. The maximum atomic E-state index is 12.9. The number of Topliss-reactive ketones (excluding diaryl/α,β-unsaturated/α-hetero) is 1. The Hall–Kier alpha value is -3.13. The van der Waals surface area contributed by atoms with Crippen molar-refractivity contribution in [3.8, 4) is 0 Å². The number of aryl methyl sites for hydroxylation is 1. The number of carbonyl (C=O) groups excluding carboxylic acids is 3. The average molecular weight is 424 g/mol. The molecule has 1 amide bonds. The number of aromatic nitrogens is 2. The number of benzene rings is 1. The molecule has 0 bridgehead atoms. The molecule has 0 saturated carbocycles. The molecule has 0 atom stereocenters. The Labute approximate surface area is 182 Å². The number of hydrogen-bond acceptors (Lipinski definition) is 7. The first-order valence-electron chi connectivity index (χ1n) is 10.7. The Morgan fingerprint density at radius 3 is 2.26 bits per heavy atom. The second kappa shape index (κ2) is 10.3. The third-order valence-electron chi connectivity index (χ3n) is 5.59. The zero-order valence-electron chi connectivity index (χ0n) is 18.4. The molecule has 1 aliphatic rings. The van der Waals surface area contributed by atoms with Gasteiger partial charge in [-0.05, 0) is 26.3 Å². The fourth-order valence-corrected chi connectivity index (χ4v) is 3.81. The molecule has 1 fully saturated rings. The van der Waals surface area contributed by atoms with Crippen molar-refractivity contribution in [3.63, 3.8) is 0 Å². The van der Waals surface area contributed by atoms with E-state index in [1.807, 2.05) is 36.9 Å². The third kappa shape index (κ3) is 5.14. The molecule has 8 nitrogen and oxygen atoms in total. The second-order valence-corrected chi connectivity index (χ2v) is 7.54. The van der Waals surface area contributed by atoms with Gasteiger partial charge in [0.15, 0.2) is 6.29 Å². The number of piperazine rings is 1. The summed E-state index contributed by atoms with van der Waals surface area (Å²) < 4.78 is 0. The molecular weight excluding hydrogens is 394 g/mol. The maximum absolute atomic E-state index is 12.9. The Kier molecular flexibility index (Phi) is 7.46. The summed E-state index contributed by atoms with van der Waals surface area (Å²) in [7, 11) is 0. The highest BCUT2D eigenvalue weighted by Gasteiger charge is 2.28. The summed E-state index contributed by atoms with van der Waals surface area (Å²) in [4.78, 5) is 51.4. The average Bonchev–Trinajstić information content (AvgIpc) is 2.80. The highest BCUT2D eigenvalue weighted by molar-refractivity contribution is 6.34. The molecule has 2 aromatic rings. The van der Waals surface area contributed by atoms with Crippen LogP contribution in [-0.4, -0.2) is 77.0 Å². The lowest BCUT2D eigenvalue weighted by molar-refractivity contribution is -0.104. The van der Waals surface area contributed by atoms with Gasteiger partial charge in [-0.1, -0.05) is 30.3 Å². The SMILES string of the molecule is CCN(CC)C(=O)c1c(C)nc(N2CCN(Cc3ccccc3)CC2)nc1C(=O)C=O. The van der Waals surface area contributed by atoms with Crippen molar-refractivity contribution >= 4 is 23.9 Å². The van der Waals surface area contributed by atoms with Gasteiger partial charge in [-0.2, -0.15) is 0 Å². The zero-order chi connectivity index (χ0) is 22.4. The number of hydrogen-bond donors (Lipinski definition) is 0. The van der Waals surface area contributed by atoms with E-state index in [1.165, 1.54) is 5.56 Å². The van der Waals surface area contributed by atoms with Gasteiger partial charge in [-0.25, -0.2) is 9.97 Å². The van der Waals surface area contributed by atoms with Crippen molar-refractivity contribution in [1.82, 2.24) is 19.8 Å². The van der Waals surface area contributed by atoms with E-state index in [4.69, 9.17) is 0 Å². The quantitative estimate of drug-likeness (QED) is 0.364. The van der Waals surface area contributed by atoms with Gasteiger partial charge in [-0.3, -0.25) is 19.3 Å². The molecule has 0 N–H and O–H groups in total. The largest absolute Gasteiger partial charge is 0.339 e. The van der Waals surface area contributed by atoms with Gasteiger partial charge >= 0.3 is 0 Å². The number of anilines is 1. The van der Waals surface area contributed by atoms with E-state index in [1.54, 1.807) is 11.8 Å². The minimum atomic E-state index is -0.801. The molecule has 1 aromatic heterocycles. The lowest BCUT2D eigenvalue weighted by Gasteiger charge is -2.35. The summed E-state index contributed by atoms with van der Waals surface area (Å²) in [5.74, 6) is -0.741. The first kappa shape index (κ1) is 22.6. The van der Waals surface area contributed by atoms with Crippen LogP contribution < -0.4 is 4.90 Å². The molecule has 0 unspecified atom stereocenters. The molecule has 0 aliphatic carbocycles. The highest BCUT2D eigenvalue weighted by atomic mass is 16.2. The van der Waals surface area contributed by atoms with Crippen LogP contribution in [0.25, 0.3) is 0 Å². The Morgan fingerprint density at radius 1 is 1.03 bits per heavy atom. The molecule has 0 radical (unpaired) electrons. The minimum absolute atomic E-state index is 0.110. The van der Waals surface area contributed by atoms with Crippen LogP contribution in [-0.2, 0) is 11.3 Å². The van der Waals surface area contributed by atoms with Gasteiger partial charge in [0.1, 0.15) is 5.69 Å². The van der Waals surface area contributed by atoms with E-state index in [9.17, 15) is 14.4 Å². The second-order valence-electron chi connectivity index (χ2n) is 7.54. The fourth-order valence-electron chi connectivity index (χ4n) is 3.81. The number of nitrogens with zero attached hydrogens (tertiary/aromatic N) is 5. The molecule has 1 aromatic carbocycles. The summed E-state index contributed by atoms with van der Waals surface area (Å²) in [5, 5.41) is 0. The maximum Gasteiger partial charge on any atom is 0.258 e. The van der Waals surface area contributed by atoms with Crippen LogP contribution in [0, 0.1) is 6.92 Å². The summed E-state index contributed by atoms with van der Waals surface area (Å²) >= 11 is 0. The van der Waals surface area contributed by atoms with E-state index < -0.39 is 5.78 Å². The number of carbonyl (C=O) groups is 3. The van der Waals surface area contributed by atoms with Crippen molar-refractivity contribution in [1.29, 1.82) is 0 Å². The predicted octanol–water partition coefficient (Wildman–Crippen LogP) is 1.97. The molecular formula is C23H29N5O3. The molecule has 8 heteroatoms. The van der Waals surface area contributed by atoms with Gasteiger partial charge < -0.3 is 9.80 Å². The van der Waals surface area contributed by atoms with Crippen molar-refractivity contribution in [2.45, 2.75) is 27.3 Å². The van der Waals surface area contributed by atoms with Crippen molar-refractivity contribution < 1.29 is 14.4 Å². The van der Waals surface area contributed by atoms with Crippen LogP contribution in [0.15, 0.2) is 30.3 Å². The number of rotatable bonds is 8. The normalized spacial score (nSPS) is 14.4. The van der Waals surface area contributed by atoms with E-state index in [0.717, 1.165) is 19.6 Å². The molecule has 1 saturated heterocycles. The summed E-state index contributed by atoms with van der Waals surface area (Å²) in [6, 6.07) is 10.3. The predicted molar refractivity (Wildman–Crippen MR) is 118 cm³/mol. The Balaban J connectivity index is 1.81. The van der Waals surface area contributed by atoms with Crippen molar-refractivity contribution in [2.24, 2.45) is 0 Å². The van der Waals surface area contributed by atoms with E-state index in [-0.39, 0.29) is 23.5 Å². The first-order valence-corrected chi connectivity index (χ1v) is 10.7. The van der Waals surface area contributed by atoms with Crippen LogP contribution in [0.3, 0.4) is 0 Å². The number of ketones is 1. The lowest BCUT2D eigenvalue weighted by atomic mass is 10.1. The first-order chi connectivity index (χ1) is 15.0. The van der Waals surface area contributed by atoms with Crippen LogP contribution in [0.2, 0.25) is 0 Å². The molecule has 3 rings (SSSR count). The topological polar surface area (TPSA) is 86.7 Å². The van der Waals surface area contributed by atoms with Gasteiger partial charge in [0, 0.05) is 45.8 Å². The van der Waals surface area contributed by atoms with Gasteiger partial charge in [0.2, 0.25) is 11.7 Å². The smallest absolute Gasteiger partial charge is 0.258 e. The Bertz CT molecular complexity index is 936. The molecule has 0 spiro atoms. The Morgan fingerprint density at radius 2 is 1.68 bits per heavy atom. The minimum Gasteiger partial charge on any atom is -0.339 e. The number of amides is 1. The number of aldehydes is 1. The van der Waals surface area contributed by atoms with E-state index >= 15 is 0 Å². The van der Waals surface area contributed by atoms with Gasteiger partial charge in [0.25, 0.3) is 5.91 Å². The van der Waals surface area contributed by atoms with Crippen LogP contribution in [0.4, 0.5) is 5.95 Å². The van der Waals surface area contributed by atoms with Crippen molar-refractivity contribution in [3.05, 3.63) is 52.8 Å². The van der Waals surface area contributed by atoms with Crippen LogP contribution >= 0.6 is 0 Å². The summed E-state index contributed by atoms with van der Waals surface area (Å²) in [6.45, 7) is 10.3. The van der Waals surface area contributed by atoms with Crippen molar-refractivity contribution in [2.75, 3.05) is 44.2 Å². The molecule has 1 aliphatic heterocycles. The van der Waals surface area contributed by atoms with Crippen LogP contribution in [0.1, 0.15) is 46.0 Å². The monoisotopic (exact) mass is 423 g/mol.